The maximum atomic E-state index is 12.5. The number of nitro benzene ring substituents is 1. The summed E-state index contributed by atoms with van der Waals surface area (Å²) in [4.78, 5) is 17.0. The average molecular weight is 387 g/mol. The van der Waals surface area contributed by atoms with E-state index in [4.69, 9.17) is 0 Å². The van der Waals surface area contributed by atoms with Crippen LogP contribution in [0, 0.1) is 10.1 Å². The predicted octanol–water partition coefficient (Wildman–Crippen LogP) is 4.25. The molecule has 25 heavy (non-hydrogen) atoms. The quantitative estimate of drug-likeness (QED) is 0.534. The van der Waals surface area contributed by atoms with Crippen LogP contribution in [0.25, 0.3) is 11.0 Å². The molecule has 0 amide bonds. The topological polar surface area (TPSA) is 88.9 Å². The molecule has 0 spiro atoms. The number of alkyl halides is 3. The highest BCUT2D eigenvalue weighted by Gasteiger charge is 2.38. The number of imidazole rings is 1. The minimum absolute atomic E-state index is 0.0898. The summed E-state index contributed by atoms with van der Waals surface area (Å²) in [6.07, 6.45) is 0. The zero-order chi connectivity index (χ0) is 18.2. The first-order chi connectivity index (χ1) is 11.8. The van der Waals surface area contributed by atoms with Gasteiger partial charge in [-0.05, 0) is 36.0 Å². The molecule has 0 saturated heterocycles. The van der Waals surface area contributed by atoms with E-state index in [0.717, 1.165) is 29.4 Å². The Morgan fingerprint density at radius 3 is 2.56 bits per heavy atom. The smallest absolute Gasteiger partial charge is 0.333 e. The van der Waals surface area contributed by atoms with Gasteiger partial charge in [0.25, 0.3) is 5.69 Å². The number of hydrogen-bond acceptors (Lipinski definition) is 5. The molecule has 6 nitrogen and oxygen atoms in total. The fourth-order valence-electron chi connectivity index (χ4n) is 2.06. The maximum Gasteiger partial charge on any atom is 0.475 e. The number of aromatic amines is 1. The van der Waals surface area contributed by atoms with Crippen molar-refractivity contribution in [2.75, 3.05) is 0 Å². The summed E-state index contributed by atoms with van der Waals surface area (Å²) in [5.74, 6) is 0. The van der Waals surface area contributed by atoms with Crippen molar-refractivity contribution < 1.29 is 22.3 Å². The van der Waals surface area contributed by atoms with Crippen LogP contribution in [0.2, 0.25) is 0 Å². The molecule has 3 aromatic rings. The molecule has 0 unspecified atom stereocenters. The summed E-state index contributed by atoms with van der Waals surface area (Å²) in [7, 11) is -3.33. The van der Waals surface area contributed by atoms with E-state index in [1.165, 1.54) is 0 Å². The maximum absolute atomic E-state index is 12.5. The van der Waals surface area contributed by atoms with E-state index < -0.39 is 31.8 Å². The summed E-state index contributed by atoms with van der Waals surface area (Å²) in [6, 6.07) is 9.86. The zero-order valence-corrected chi connectivity index (χ0v) is 13.7. The summed E-state index contributed by atoms with van der Waals surface area (Å²) in [6.45, 7) is 0. The normalized spacial score (nSPS) is 13.1. The van der Waals surface area contributed by atoms with Crippen LogP contribution in [-0.4, -0.2) is 24.6 Å². The molecule has 1 heterocycles. The second-order valence-electron chi connectivity index (χ2n) is 4.76. The molecule has 130 valence electrons. The SMILES string of the molecule is O=[N+]([O-])c1cc([S@](=O)C(F)(F)F)ccc1Sc1nc2ccccc2[nH]1. The third-order valence-electron chi connectivity index (χ3n) is 3.13. The number of nitrogens with one attached hydrogen (secondary N) is 1. The second kappa shape index (κ2) is 6.48. The molecule has 0 aliphatic carbocycles. The second-order valence-corrected chi connectivity index (χ2v) is 7.26. The van der Waals surface area contributed by atoms with Gasteiger partial charge in [-0.2, -0.15) is 13.2 Å². The molecule has 0 fully saturated rings. The van der Waals surface area contributed by atoms with Crippen LogP contribution in [0.5, 0.6) is 0 Å². The average Bonchev–Trinajstić information content (AvgIpc) is 2.95. The molecule has 0 aliphatic rings. The van der Waals surface area contributed by atoms with Crippen molar-refractivity contribution in [3.05, 3.63) is 52.6 Å². The van der Waals surface area contributed by atoms with Gasteiger partial charge in [0, 0.05) is 6.07 Å². The Bertz CT molecular complexity index is 955. The highest BCUT2D eigenvalue weighted by Crippen LogP contribution is 2.37. The minimum Gasteiger partial charge on any atom is -0.333 e. The van der Waals surface area contributed by atoms with Crippen LogP contribution in [0.1, 0.15) is 0 Å². The fraction of sp³-hybridized carbons (Fsp3) is 0.0714. The third kappa shape index (κ3) is 3.66. The molecule has 0 aliphatic heterocycles. The number of benzene rings is 2. The highest BCUT2D eigenvalue weighted by molar-refractivity contribution is 7.99. The Balaban J connectivity index is 1.98. The van der Waals surface area contributed by atoms with Crippen molar-refractivity contribution >= 4 is 39.3 Å². The van der Waals surface area contributed by atoms with Crippen LogP contribution in [0.15, 0.2) is 57.4 Å². The number of H-pyrrole nitrogens is 1. The lowest BCUT2D eigenvalue weighted by atomic mass is 10.3. The van der Waals surface area contributed by atoms with Crippen molar-refractivity contribution in [3.8, 4) is 0 Å². The van der Waals surface area contributed by atoms with E-state index in [1.54, 1.807) is 24.3 Å². The minimum atomic E-state index is -4.98. The van der Waals surface area contributed by atoms with Crippen molar-refractivity contribution in [1.29, 1.82) is 0 Å². The molecule has 0 radical (unpaired) electrons. The number of nitro groups is 1. The van der Waals surface area contributed by atoms with E-state index in [2.05, 4.69) is 9.97 Å². The Hall–Kier alpha value is -2.40. The van der Waals surface area contributed by atoms with Gasteiger partial charge in [-0.1, -0.05) is 12.1 Å². The summed E-state index contributed by atoms with van der Waals surface area (Å²) in [5, 5.41) is 11.5. The molecule has 3 rings (SSSR count). The van der Waals surface area contributed by atoms with E-state index in [-0.39, 0.29) is 4.90 Å². The van der Waals surface area contributed by atoms with Gasteiger partial charge in [0.1, 0.15) is 0 Å². The first-order valence-corrected chi connectivity index (χ1v) is 8.62. The molecule has 1 aromatic heterocycles. The molecular weight excluding hydrogens is 379 g/mol. The molecule has 2 aromatic carbocycles. The lowest BCUT2D eigenvalue weighted by Gasteiger charge is -2.07. The number of aromatic nitrogens is 2. The van der Waals surface area contributed by atoms with Gasteiger partial charge >= 0.3 is 5.51 Å². The monoisotopic (exact) mass is 387 g/mol. The van der Waals surface area contributed by atoms with Crippen LogP contribution >= 0.6 is 11.8 Å². The Morgan fingerprint density at radius 1 is 1.20 bits per heavy atom. The van der Waals surface area contributed by atoms with E-state index in [9.17, 15) is 27.5 Å². The largest absolute Gasteiger partial charge is 0.475 e. The van der Waals surface area contributed by atoms with Crippen LogP contribution < -0.4 is 0 Å². The third-order valence-corrected chi connectivity index (χ3v) is 5.18. The van der Waals surface area contributed by atoms with Crippen molar-refractivity contribution in [2.24, 2.45) is 0 Å². The number of fused-ring (bicyclic) bond motifs is 1. The molecular formula is C14H8F3N3O3S2. The Morgan fingerprint density at radius 2 is 1.92 bits per heavy atom. The fourth-order valence-corrected chi connectivity index (χ4v) is 3.62. The van der Waals surface area contributed by atoms with E-state index in [0.29, 0.717) is 16.7 Å². The van der Waals surface area contributed by atoms with Crippen LogP contribution in [-0.2, 0) is 10.8 Å². The van der Waals surface area contributed by atoms with E-state index >= 15 is 0 Å². The van der Waals surface area contributed by atoms with Crippen LogP contribution in [0.4, 0.5) is 18.9 Å². The van der Waals surface area contributed by atoms with Crippen molar-refractivity contribution in [3.63, 3.8) is 0 Å². The summed E-state index contributed by atoms with van der Waals surface area (Å²) in [5.41, 5.74) is -4.17. The lowest BCUT2D eigenvalue weighted by molar-refractivity contribution is -0.388. The molecule has 0 bridgehead atoms. The first-order valence-electron chi connectivity index (χ1n) is 6.65. The van der Waals surface area contributed by atoms with Gasteiger partial charge in [-0.3, -0.25) is 10.1 Å². The van der Waals surface area contributed by atoms with Gasteiger partial charge in [-0.25, -0.2) is 9.19 Å². The Kier molecular flexibility index (Phi) is 4.52. The molecule has 1 N–H and O–H groups in total. The van der Waals surface area contributed by atoms with Crippen LogP contribution in [0.3, 0.4) is 0 Å². The number of halogens is 3. The van der Waals surface area contributed by atoms with Crippen molar-refractivity contribution in [2.45, 2.75) is 20.5 Å². The van der Waals surface area contributed by atoms with Gasteiger partial charge in [0.15, 0.2) is 16.0 Å². The summed E-state index contributed by atoms with van der Waals surface area (Å²) < 4.78 is 49.0. The number of hydrogen-bond donors (Lipinski definition) is 1. The first kappa shape index (κ1) is 17.4. The van der Waals surface area contributed by atoms with Crippen molar-refractivity contribution in [1.82, 2.24) is 9.97 Å². The van der Waals surface area contributed by atoms with Gasteiger partial charge in [-0.15, -0.1) is 0 Å². The predicted molar refractivity (Wildman–Crippen MR) is 85.8 cm³/mol. The number of nitrogens with zero attached hydrogens (tertiary/aromatic N) is 2. The highest BCUT2D eigenvalue weighted by atomic mass is 32.2. The molecule has 0 saturated carbocycles. The number of para-hydroxylation sites is 2. The van der Waals surface area contributed by atoms with Gasteiger partial charge < -0.3 is 4.98 Å². The zero-order valence-electron chi connectivity index (χ0n) is 12.1. The summed E-state index contributed by atoms with van der Waals surface area (Å²) >= 11 is 0.908. The van der Waals surface area contributed by atoms with Gasteiger partial charge in [0.05, 0.1) is 25.7 Å². The number of rotatable bonds is 4. The Labute approximate surface area is 145 Å². The lowest BCUT2D eigenvalue weighted by Crippen LogP contribution is -2.16. The molecule has 11 heteroatoms. The van der Waals surface area contributed by atoms with Gasteiger partial charge in [0.2, 0.25) is 0 Å². The standard InChI is InChI=1S/C14H8F3N3O3S2/c15-14(16,17)25(23)8-5-6-12(11(7-8)20(21)22)24-13-18-9-3-1-2-4-10(9)19-13/h1-7H,(H,18,19)/t25-/m0/s1. The van der Waals surface area contributed by atoms with E-state index in [1.807, 2.05) is 0 Å². The molecule has 1 atom stereocenters.